The second kappa shape index (κ2) is 5.35. The van der Waals surface area contributed by atoms with Gasteiger partial charge in [-0.15, -0.1) is 0 Å². The first-order valence-corrected chi connectivity index (χ1v) is 4.13. The Morgan fingerprint density at radius 3 is 2.53 bits per heavy atom. The van der Waals surface area contributed by atoms with Gasteiger partial charge in [-0.05, 0) is 25.0 Å². The summed E-state index contributed by atoms with van der Waals surface area (Å²) in [5.41, 5.74) is 6.14. The molecule has 2 atom stereocenters. The van der Waals surface area contributed by atoms with Gasteiger partial charge < -0.3 is 20.1 Å². The van der Waals surface area contributed by atoms with Crippen molar-refractivity contribution in [3.05, 3.63) is 21.8 Å². The van der Waals surface area contributed by atoms with Crippen LogP contribution in [0.3, 0.4) is 0 Å². The SMILES string of the molecule is CC(C)=C(O)[C@](O)(CN=[N+]=[N-])[C@@H](O)C=O. The molecule has 0 aromatic rings. The predicted molar refractivity (Wildman–Crippen MR) is 52.0 cm³/mol. The van der Waals surface area contributed by atoms with Gasteiger partial charge in [-0.1, -0.05) is 5.11 Å². The topological polar surface area (TPSA) is 127 Å². The number of carbonyl (C=O) groups is 1. The lowest BCUT2D eigenvalue weighted by molar-refractivity contribution is -0.128. The van der Waals surface area contributed by atoms with Gasteiger partial charge in [-0.25, -0.2) is 0 Å². The molecule has 7 nitrogen and oxygen atoms in total. The molecule has 0 rings (SSSR count). The maximum absolute atomic E-state index is 10.4. The van der Waals surface area contributed by atoms with E-state index in [4.69, 9.17) is 5.53 Å². The predicted octanol–water partition coefficient (Wildman–Crippen LogP) is 0.440. The second-order valence-corrected chi connectivity index (χ2v) is 3.24. The van der Waals surface area contributed by atoms with E-state index in [9.17, 15) is 20.1 Å². The largest absolute Gasteiger partial charge is 0.509 e. The summed E-state index contributed by atoms with van der Waals surface area (Å²) in [7, 11) is 0. The number of azide groups is 1. The summed E-state index contributed by atoms with van der Waals surface area (Å²) >= 11 is 0. The molecule has 3 N–H and O–H groups in total. The van der Waals surface area contributed by atoms with Gasteiger partial charge in [0.05, 0.1) is 6.54 Å². The van der Waals surface area contributed by atoms with Crippen LogP contribution in [0.5, 0.6) is 0 Å². The van der Waals surface area contributed by atoms with Crippen LogP contribution in [0.1, 0.15) is 13.8 Å². The van der Waals surface area contributed by atoms with Gasteiger partial charge in [0.25, 0.3) is 0 Å². The minimum atomic E-state index is -2.26. The van der Waals surface area contributed by atoms with Crippen LogP contribution in [0.15, 0.2) is 16.4 Å². The Hall–Kier alpha value is -1.56. The Balaban J connectivity index is 5.28. The van der Waals surface area contributed by atoms with E-state index < -0.39 is 24.0 Å². The average molecular weight is 215 g/mol. The van der Waals surface area contributed by atoms with Crippen molar-refractivity contribution in [2.24, 2.45) is 5.11 Å². The van der Waals surface area contributed by atoms with Crippen molar-refractivity contribution >= 4 is 6.29 Å². The molecule has 0 amide bonds. The number of nitrogens with zero attached hydrogens (tertiary/aromatic N) is 3. The van der Waals surface area contributed by atoms with Crippen molar-refractivity contribution in [3.63, 3.8) is 0 Å². The molecule has 15 heavy (non-hydrogen) atoms. The van der Waals surface area contributed by atoms with Gasteiger partial charge in [0.15, 0.2) is 11.9 Å². The highest BCUT2D eigenvalue weighted by atomic mass is 16.4. The van der Waals surface area contributed by atoms with E-state index in [-0.39, 0.29) is 6.29 Å². The Kier molecular flexibility index (Phi) is 4.80. The second-order valence-electron chi connectivity index (χ2n) is 3.24. The maximum Gasteiger partial charge on any atom is 0.159 e. The lowest BCUT2D eigenvalue weighted by Crippen LogP contribution is -2.48. The van der Waals surface area contributed by atoms with Crippen molar-refractivity contribution in [2.45, 2.75) is 25.6 Å². The van der Waals surface area contributed by atoms with E-state index in [2.05, 4.69) is 10.0 Å². The molecule has 0 radical (unpaired) electrons. The Labute approximate surface area is 86.3 Å². The zero-order chi connectivity index (χ0) is 12.1. The minimum Gasteiger partial charge on any atom is -0.509 e. The highest BCUT2D eigenvalue weighted by Crippen LogP contribution is 2.22. The smallest absolute Gasteiger partial charge is 0.159 e. The van der Waals surface area contributed by atoms with Crippen LogP contribution in [-0.4, -0.2) is 39.9 Å². The molecule has 0 heterocycles. The van der Waals surface area contributed by atoms with Crippen molar-refractivity contribution in [1.82, 2.24) is 0 Å². The first-order valence-electron chi connectivity index (χ1n) is 4.13. The fraction of sp³-hybridized carbons (Fsp3) is 0.625. The fourth-order valence-electron chi connectivity index (χ4n) is 0.993. The summed E-state index contributed by atoms with van der Waals surface area (Å²) < 4.78 is 0. The maximum atomic E-state index is 10.4. The number of aliphatic hydroxyl groups excluding tert-OH is 2. The molecule has 0 unspecified atom stereocenters. The van der Waals surface area contributed by atoms with Crippen LogP contribution in [0.2, 0.25) is 0 Å². The van der Waals surface area contributed by atoms with Crippen LogP contribution in [0, 0.1) is 0 Å². The third-order valence-corrected chi connectivity index (χ3v) is 1.88. The van der Waals surface area contributed by atoms with E-state index in [0.29, 0.717) is 5.57 Å². The summed E-state index contributed by atoms with van der Waals surface area (Å²) in [6, 6.07) is 0. The first-order chi connectivity index (χ1) is 6.90. The third kappa shape index (κ3) is 2.95. The minimum absolute atomic E-state index is 0.0616. The molecular weight excluding hydrogens is 202 g/mol. The number of aldehydes is 1. The summed E-state index contributed by atoms with van der Waals surface area (Å²) in [5, 5.41) is 31.6. The van der Waals surface area contributed by atoms with Crippen LogP contribution >= 0.6 is 0 Å². The standard InChI is InChI=1S/C8H13N3O4/c1-5(2)7(14)8(15,4-10-11-9)6(13)3-12/h3,6,13-15H,4H2,1-2H3/t6-,8-/m0/s1. The van der Waals surface area contributed by atoms with Gasteiger partial charge in [0, 0.05) is 4.91 Å². The van der Waals surface area contributed by atoms with E-state index in [1.165, 1.54) is 13.8 Å². The monoisotopic (exact) mass is 215 g/mol. The van der Waals surface area contributed by atoms with Gasteiger partial charge in [0.1, 0.15) is 11.9 Å². The number of allylic oxidation sites excluding steroid dienone is 1. The van der Waals surface area contributed by atoms with Crippen molar-refractivity contribution in [3.8, 4) is 0 Å². The average Bonchev–Trinajstić information content (AvgIpc) is 2.23. The number of rotatable bonds is 5. The molecule has 0 saturated heterocycles. The molecule has 0 spiro atoms. The van der Waals surface area contributed by atoms with Gasteiger partial charge in [-0.2, -0.15) is 0 Å². The summed E-state index contributed by atoms with van der Waals surface area (Å²) in [4.78, 5) is 12.7. The van der Waals surface area contributed by atoms with Crippen molar-refractivity contribution < 1.29 is 20.1 Å². The molecule has 7 heteroatoms. The summed E-state index contributed by atoms with van der Waals surface area (Å²) in [6.07, 6.45) is -1.79. The number of hydrogen-bond donors (Lipinski definition) is 3. The van der Waals surface area contributed by atoms with Crippen molar-refractivity contribution in [1.29, 1.82) is 0 Å². The molecule has 84 valence electrons. The molecule has 0 saturated carbocycles. The third-order valence-electron chi connectivity index (χ3n) is 1.88. The fourth-order valence-corrected chi connectivity index (χ4v) is 0.993. The number of carbonyl (C=O) groups excluding carboxylic acids is 1. The molecule has 0 bridgehead atoms. The lowest BCUT2D eigenvalue weighted by atomic mass is 9.92. The Morgan fingerprint density at radius 2 is 2.20 bits per heavy atom. The molecule has 0 aliphatic carbocycles. The molecule has 0 aromatic heterocycles. The Morgan fingerprint density at radius 1 is 1.67 bits per heavy atom. The molecular formula is C8H13N3O4. The van der Waals surface area contributed by atoms with Crippen LogP contribution in [0.25, 0.3) is 10.4 Å². The highest BCUT2D eigenvalue weighted by molar-refractivity contribution is 5.59. The zero-order valence-electron chi connectivity index (χ0n) is 8.45. The summed E-state index contributed by atoms with van der Waals surface area (Å²) in [6.45, 7) is 2.34. The summed E-state index contributed by atoms with van der Waals surface area (Å²) in [5.74, 6) is -0.575. The molecule has 0 fully saturated rings. The zero-order valence-corrected chi connectivity index (χ0v) is 8.45. The van der Waals surface area contributed by atoms with Crippen molar-refractivity contribution in [2.75, 3.05) is 6.54 Å². The van der Waals surface area contributed by atoms with Crippen LogP contribution < -0.4 is 0 Å². The quantitative estimate of drug-likeness (QED) is 0.202. The van der Waals surface area contributed by atoms with E-state index >= 15 is 0 Å². The molecule has 0 aliphatic heterocycles. The van der Waals surface area contributed by atoms with Gasteiger partial charge in [-0.3, -0.25) is 0 Å². The number of hydrogen-bond acceptors (Lipinski definition) is 5. The Bertz CT molecular complexity index is 318. The molecule has 0 aromatic carbocycles. The van der Waals surface area contributed by atoms with Gasteiger partial charge in [0.2, 0.25) is 0 Å². The van der Waals surface area contributed by atoms with Crippen LogP contribution in [-0.2, 0) is 4.79 Å². The molecule has 0 aliphatic rings. The van der Waals surface area contributed by atoms with E-state index in [1.807, 2.05) is 0 Å². The van der Waals surface area contributed by atoms with E-state index in [0.717, 1.165) is 0 Å². The lowest BCUT2D eigenvalue weighted by Gasteiger charge is -2.28. The van der Waals surface area contributed by atoms with Gasteiger partial charge >= 0.3 is 0 Å². The number of aliphatic hydroxyl groups is 3. The normalized spacial score (nSPS) is 15.7. The first kappa shape index (κ1) is 13.4. The highest BCUT2D eigenvalue weighted by Gasteiger charge is 2.40. The van der Waals surface area contributed by atoms with Crippen LogP contribution in [0.4, 0.5) is 0 Å². The van der Waals surface area contributed by atoms with E-state index in [1.54, 1.807) is 0 Å².